The van der Waals surface area contributed by atoms with Crippen LogP contribution in [-0.2, 0) is 10.0 Å². The summed E-state index contributed by atoms with van der Waals surface area (Å²) in [6.07, 6.45) is 4.47. The number of sulfonamides is 1. The normalized spacial score (nSPS) is 12.4. The molecule has 0 aliphatic carbocycles. The lowest BCUT2D eigenvalue weighted by Gasteiger charge is -2.19. The maximum atomic E-state index is 13.1. The lowest BCUT2D eigenvalue weighted by Crippen LogP contribution is -2.28. The quantitative estimate of drug-likeness (QED) is 0.618. The number of fused-ring (bicyclic) bond motifs is 1. The van der Waals surface area contributed by atoms with Gasteiger partial charge in [0.25, 0.3) is 0 Å². The van der Waals surface area contributed by atoms with Crippen molar-refractivity contribution in [1.29, 1.82) is 0 Å². The van der Waals surface area contributed by atoms with Crippen molar-refractivity contribution in [2.45, 2.75) is 32.1 Å². The van der Waals surface area contributed by atoms with E-state index in [4.69, 9.17) is 5.11 Å². The van der Waals surface area contributed by atoms with E-state index in [0.717, 1.165) is 16.6 Å². The summed E-state index contributed by atoms with van der Waals surface area (Å²) in [5.74, 6) is 0. The minimum absolute atomic E-state index is 0.00449. The monoisotopic (exact) mass is 402 g/mol. The second-order valence-corrected chi connectivity index (χ2v) is 9.15. The third-order valence-electron chi connectivity index (χ3n) is 4.56. The summed E-state index contributed by atoms with van der Waals surface area (Å²) in [6.45, 7) is 6.97. The zero-order valence-electron chi connectivity index (χ0n) is 17.1. The molecule has 0 amide bonds. The van der Waals surface area contributed by atoms with Crippen LogP contribution in [0.25, 0.3) is 10.8 Å². The Morgan fingerprint density at radius 2 is 1.75 bits per heavy atom. The topological polar surface area (TPSA) is 69.6 Å². The van der Waals surface area contributed by atoms with E-state index in [0.29, 0.717) is 29.8 Å². The second kappa shape index (κ2) is 9.87. The molecule has 152 valence electrons. The molecule has 2 aromatic carbocycles. The first-order chi connectivity index (χ1) is 13.3. The first-order valence-electron chi connectivity index (χ1n) is 9.39. The number of anilines is 1. The van der Waals surface area contributed by atoms with Crippen LogP contribution in [0.15, 0.2) is 64.6 Å². The van der Waals surface area contributed by atoms with E-state index >= 15 is 0 Å². The Hall–Kier alpha value is -2.15. The Labute approximate surface area is 168 Å². The number of rotatable bonds is 9. The largest absolute Gasteiger partial charge is 0.392 e. The Kier molecular flexibility index (Phi) is 7.80. The number of allylic oxidation sites excluding steroid dienone is 1. The van der Waals surface area contributed by atoms with Crippen molar-refractivity contribution in [3.8, 4) is 0 Å². The molecule has 2 rings (SSSR count). The second-order valence-electron chi connectivity index (χ2n) is 7.14. The predicted octanol–water partition coefficient (Wildman–Crippen LogP) is 4.17. The molecule has 2 aromatic rings. The molecule has 0 aromatic heterocycles. The number of nitrogens with one attached hydrogen (secondary N) is 1. The molecule has 0 spiro atoms. The summed E-state index contributed by atoms with van der Waals surface area (Å²) in [4.78, 5) is 0.316. The Morgan fingerprint density at radius 1 is 1.07 bits per heavy atom. The van der Waals surface area contributed by atoms with Gasteiger partial charge in [-0.25, -0.2) is 12.7 Å². The molecule has 0 unspecified atom stereocenters. The smallest absolute Gasteiger partial charge is 0.243 e. The van der Waals surface area contributed by atoms with Crippen LogP contribution in [0.4, 0.5) is 5.69 Å². The van der Waals surface area contributed by atoms with Crippen molar-refractivity contribution < 1.29 is 13.5 Å². The molecular weight excluding hydrogens is 372 g/mol. The average Bonchev–Trinajstić information content (AvgIpc) is 2.65. The lowest BCUT2D eigenvalue weighted by atomic mass is 10.1. The van der Waals surface area contributed by atoms with Crippen LogP contribution < -0.4 is 5.32 Å². The molecule has 5 nitrogen and oxygen atoms in total. The number of hydrogen-bond acceptors (Lipinski definition) is 4. The molecular formula is C22H30N2O3S. The van der Waals surface area contributed by atoms with Gasteiger partial charge in [-0.3, -0.25) is 0 Å². The van der Waals surface area contributed by atoms with Crippen LogP contribution >= 0.6 is 0 Å². The minimum Gasteiger partial charge on any atom is -0.392 e. The van der Waals surface area contributed by atoms with E-state index in [1.807, 2.05) is 51.1 Å². The zero-order valence-corrected chi connectivity index (χ0v) is 17.9. The van der Waals surface area contributed by atoms with Crippen LogP contribution in [0.5, 0.6) is 0 Å². The van der Waals surface area contributed by atoms with Crippen LogP contribution in [0, 0.1) is 0 Å². The van der Waals surface area contributed by atoms with Crippen molar-refractivity contribution in [3.05, 3.63) is 59.7 Å². The highest BCUT2D eigenvalue weighted by Crippen LogP contribution is 2.30. The molecule has 28 heavy (non-hydrogen) atoms. The van der Waals surface area contributed by atoms with Gasteiger partial charge in [0.15, 0.2) is 0 Å². The van der Waals surface area contributed by atoms with Crippen LogP contribution in [0.3, 0.4) is 0 Å². The molecule has 2 N–H and O–H groups in total. The number of aliphatic hydroxyl groups excluding tert-OH is 1. The molecule has 0 aliphatic rings. The SMILES string of the molecule is CC(C)=CCCN(C)S(=O)(=O)c1cccc2c(NC/C(C)=C/CO)cccc12. The van der Waals surface area contributed by atoms with Gasteiger partial charge in [-0.15, -0.1) is 0 Å². The van der Waals surface area contributed by atoms with Gasteiger partial charge in [0.05, 0.1) is 11.5 Å². The molecule has 0 heterocycles. The molecule has 0 atom stereocenters. The van der Waals surface area contributed by atoms with Gasteiger partial charge in [-0.05, 0) is 39.3 Å². The standard InChI is InChI=1S/C22H30N2O3S/c1-17(2)8-7-14-24(4)28(26,27)22-12-6-9-19-20(22)10-5-11-21(19)23-16-18(3)13-15-25/h5-6,8-13,23,25H,7,14-16H2,1-4H3/b18-13+. The molecule has 0 saturated heterocycles. The van der Waals surface area contributed by atoms with Crippen molar-refractivity contribution >= 4 is 26.5 Å². The molecule has 0 radical (unpaired) electrons. The third-order valence-corrected chi connectivity index (χ3v) is 6.48. The van der Waals surface area contributed by atoms with Gasteiger partial charge in [0.2, 0.25) is 10.0 Å². The first-order valence-corrected chi connectivity index (χ1v) is 10.8. The zero-order chi connectivity index (χ0) is 20.7. The van der Waals surface area contributed by atoms with Gasteiger partial charge in [0, 0.05) is 36.6 Å². The first kappa shape index (κ1) is 22.1. The summed E-state index contributed by atoms with van der Waals surface area (Å²) < 4.78 is 27.7. The van der Waals surface area contributed by atoms with Gasteiger partial charge in [-0.2, -0.15) is 0 Å². The summed E-state index contributed by atoms with van der Waals surface area (Å²) in [5.41, 5.74) is 3.06. The highest BCUT2D eigenvalue weighted by Gasteiger charge is 2.22. The van der Waals surface area contributed by atoms with Crippen LogP contribution in [-0.4, -0.2) is 44.6 Å². The van der Waals surface area contributed by atoms with E-state index in [2.05, 4.69) is 5.32 Å². The van der Waals surface area contributed by atoms with E-state index in [1.165, 1.54) is 9.88 Å². The Bertz CT molecular complexity index is 974. The van der Waals surface area contributed by atoms with E-state index < -0.39 is 10.0 Å². The van der Waals surface area contributed by atoms with Gasteiger partial charge in [-0.1, -0.05) is 47.6 Å². The maximum Gasteiger partial charge on any atom is 0.243 e. The fourth-order valence-corrected chi connectivity index (χ4v) is 4.33. The summed E-state index contributed by atoms with van der Waals surface area (Å²) in [6, 6.07) is 11.0. The molecule has 0 fully saturated rings. The fourth-order valence-electron chi connectivity index (χ4n) is 2.95. The number of aliphatic hydroxyl groups is 1. The average molecular weight is 403 g/mol. The predicted molar refractivity (Wildman–Crippen MR) is 117 cm³/mol. The van der Waals surface area contributed by atoms with Crippen LogP contribution in [0.1, 0.15) is 27.2 Å². The van der Waals surface area contributed by atoms with Crippen LogP contribution in [0.2, 0.25) is 0 Å². The highest BCUT2D eigenvalue weighted by molar-refractivity contribution is 7.89. The third kappa shape index (κ3) is 5.44. The van der Waals surface area contributed by atoms with Crippen molar-refractivity contribution in [1.82, 2.24) is 4.31 Å². The summed E-state index contributed by atoms with van der Waals surface area (Å²) in [5, 5.41) is 13.9. The van der Waals surface area contributed by atoms with Gasteiger partial charge in [0.1, 0.15) is 0 Å². The number of nitrogens with zero attached hydrogens (tertiary/aromatic N) is 1. The minimum atomic E-state index is -3.59. The molecule has 0 saturated carbocycles. The van der Waals surface area contributed by atoms with E-state index in [9.17, 15) is 8.42 Å². The highest BCUT2D eigenvalue weighted by atomic mass is 32.2. The van der Waals surface area contributed by atoms with Gasteiger partial charge < -0.3 is 10.4 Å². The molecule has 0 bridgehead atoms. The number of hydrogen-bond donors (Lipinski definition) is 2. The Balaban J connectivity index is 2.37. The van der Waals surface area contributed by atoms with Crippen molar-refractivity contribution in [3.63, 3.8) is 0 Å². The molecule has 0 aliphatic heterocycles. The fraction of sp³-hybridized carbons (Fsp3) is 0.364. The lowest BCUT2D eigenvalue weighted by molar-refractivity contribution is 0.341. The summed E-state index contributed by atoms with van der Waals surface area (Å²) in [7, 11) is -1.97. The van der Waals surface area contributed by atoms with E-state index in [-0.39, 0.29) is 6.61 Å². The van der Waals surface area contributed by atoms with Gasteiger partial charge >= 0.3 is 0 Å². The van der Waals surface area contributed by atoms with Crippen molar-refractivity contribution in [2.75, 3.05) is 32.1 Å². The maximum absolute atomic E-state index is 13.1. The van der Waals surface area contributed by atoms with E-state index in [1.54, 1.807) is 25.3 Å². The van der Waals surface area contributed by atoms with Crippen molar-refractivity contribution in [2.24, 2.45) is 0 Å². The molecule has 6 heteroatoms. The summed E-state index contributed by atoms with van der Waals surface area (Å²) >= 11 is 0. The number of benzene rings is 2. The Morgan fingerprint density at radius 3 is 2.43 bits per heavy atom.